The normalized spacial score (nSPS) is 11.6. The summed E-state index contributed by atoms with van der Waals surface area (Å²) in [6, 6.07) is 0. The third kappa shape index (κ3) is 122. The highest BCUT2D eigenvalue weighted by molar-refractivity contribution is 7.97. The molecule has 0 aromatic carbocycles. The van der Waals surface area contributed by atoms with E-state index in [0.29, 0.717) is 33.7 Å². The van der Waals surface area contributed by atoms with Crippen molar-refractivity contribution < 1.29 is 42.5 Å². The van der Waals surface area contributed by atoms with E-state index in [-0.39, 0.29) is 6.61 Å². The highest BCUT2D eigenvalue weighted by Crippen LogP contribution is 2.23. The Bertz CT molecular complexity index is 1450. The number of ether oxygens (including phenoxy) is 1. The van der Waals surface area contributed by atoms with Gasteiger partial charge in [-0.2, -0.15) is 0 Å². The first kappa shape index (κ1) is 133. The quantitative estimate of drug-likeness (QED) is 0.0322. The van der Waals surface area contributed by atoms with E-state index in [1.54, 1.807) is 7.11 Å². The van der Waals surface area contributed by atoms with Crippen LogP contribution in [0, 0.1) is 0 Å². The summed E-state index contributed by atoms with van der Waals surface area (Å²) < 4.78 is 10.8. The predicted molar refractivity (Wildman–Crippen MR) is 544 cm³/mol. The predicted octanol–water partition coefficient (Wildman–Crippen LogP) is 27.4. The summed E-state index contributed by atoms with van der Waals surface area (Å²) in [6.45, 7) is 59.2. The second-order valence-electron chi connectivity index (χ2n) is 36.4. The maximum Gasteiger partial charge on any atom is 0.205 e. The topological polar surface area (TPSA) is 69.9 Å². The molecular formula is C101H234N5O4S4+9. The van der Waals surface area contributed by atoms with E-state index in [9.17, 15) is 0 Å². The Kier molecular flexibility index (Phi) is 126. The van der Waals surface area contributed by atoms with Gasteiger partial charge in [-0.3, -0.25) is 0 Å². The summed E-state index contributed by atoms with van der Waals surface area (Å²) in [5, 5.41) is 25.7. The largest absolute Gasteiger partial charge is 0.391 e. The zero-order chi connectivity index (χ0) is 88.4. The minimum Gasteiger partial charge on any atom is -0.391 e. The molecule has 9 nitrogen and oxygen atoms in total. The summed E-state index contributed by atoms with van der Waals surface area (Å²) in [5.74, 6) is 13.9. The van der Waals surface area contributed by atoms with Crippen molar-refractivity contribution in [2.75, 3.05) is 225 Å². The van der Waals surface area contributed by atoms with E-state index in [1.165, 1.54) is 416 Å². The molecule has 0 aliphatic heterocycles. The molecule has 0 radical (unpaired) electrons. The monoisotopic (exact) mass is 1710 g/mol. The molecule has 0 bridgehead atoms. The van der Waals surface area contributed by atoms with Crippen LogP contribution in [-0.2, 0) is 48.3 Å². The Labute approximate surface area is 739 Å². The molecule has 3 N–H and O–H groups in total. The van der Waals surface area contributed by atoms with Gasteiger partial charge in [-0.05, 0) is 199 Å². The van der Waals surface area contributed by atoms with Gasteiger partial charge in [-0.1, -0.05) is 256 Å². The third-order valence-corrected chi connectivity index (χ3v) is 31.5. The summed E-state index contributed by atoms with van der Waals surface area (Å²) in [7, 11) is 23.0. The van der Waals surface area contributed by atoms with Crippen molar-refractivity contribution in [3.63, 3.8) is 0 Å². The molecule has 13 heteroatoms. The van der Waals surface area contributed by atoms with Crippen LogP contribution in [-0.4, -0.2) is 263 Å². The fourth-order valence-corrected chi connectivity index (χ4v) is 19.0. The van der Waals surface area contributed by atoms with Crippen LogP contribution in [0.15, 0.2) is 0 Å². The Morgan fingerprint density at radius 2 is 0.412 bits per heavy atom. The number of methoxy groups -OCH3 is 1. The molecule has 0 saturated carbocycles. The minimum atomic E-state index is 0.281. The molecule has 0 aliphatic rings. The first-order chi connectivity index (χ1) is 54.6. The van der Waals surface area contributed by atoms with Gasteiger partial charge in [0.25, 0.3) is 0 Å². The van der Waals surface area contributed by atoms with Crippen LogP contribution in [0.1, 0.15) is 433 Å². The van der Waals surface area contributed by atoms with Gasteiger partial charge in [-0.25, -0.2) is 0 Å². The number of rotatable bonds is 73. The standard InChI is InChI=1S/C32H68N.C28H60N.C7H18NO.C7H17OS.C7H17S.C6H15S.C5H14NO.C5H13OS.C4H12N/c1-5-9-13-17-21-25-29-33(30-26-22-18-14-10-6-2,31-27-23-19-15-11-7-3)32-28-24-20-16-12-8-4;1-5-9-13-17-21-25-29(26-22-18-14-10-6-2,27-23-19-15-11-7-3)28-24-20-16-12-8-4;1-5-8(2,3)6-7-9-4;1-3-5-9(7-8)6-4-2;1-4-7-8(5-2)6-3;1-4-7(5-2)6-3;1-6(2,3)4-5-7;1-3-7(4-2)5-6;1-5(2,3)4/h5-32H2,1-4H3;5-28H2,1-4H3;5-7H2,1-4H3;8H,3-7H2,1-2H3;4-7H2,1-3H3;4-6H2,1-3H3;7H,4-5H2,1-3H3;6H,3-5H2,1-2H3;1-4H3/q9*+1. The smallest absolute Gasteiger partial charge is 0.205 e. The molecule has 0 amide bonds. The maximum absolute atomic E-state index is 8.80. The zero-order valence-corrected chi connectivity index (χ0v) is 88.8. The van der Waals surface area contributed by atoms with Crippen LogP contribution in [0.4, 0.5) is 0 Å². The molecule has 702 valence electrons. The lowest BCUT2D eigenvalue weighted by atomic mass is 10.0. The fourth-order valence-electron chi connectivity index (χ4n) is 13.8. The van der Waals surface area contributed by atoms with E-state index >= 15 is 0 Å². The van der Waals surface area contributed by atoms with Gasteiger partial charge in [0.05, 0.1) is 136 Å². The van der Waals surface area contributed by atoms with Gasteiger partial charge in [0, 0.05) is 28.9 Å². The number of hydrogen-bond donors (Lipinski definition) is 3. The average molecular weight is 1710 g/mol. The number of aliphatic hydroxyl groups is 3. The van der Waals surface area contributed by atoms with Crippen LogP contribution in [0.25, 0.3) is 0 Å². The van der Waals surface area contributed by atoms with Crippen molar-refractivity contribution in [2.24, 2.45) is 0 Å². The first-order valence-corrected chi connectivity index (χ1v) is 57.5. The van der Waals surface area contributed by atoms with Gasteiger partial charge in [0.1, 0.15) is 70.6 Å². The number of likely N-dealkylation sites (N-methyl/N-ethyl adjacent to an activating group) is 2. The molecule has 0 heterocycles. The Balaban J connectivity index is -0.000000172. The van der Waals surface area contributed by atoms with E-state index in [1.807, 2.05) is 0 Å². The summed E-state index contributed by atoms with van der Waals surface area (Å²) in [5.41, 5.74) is 0. The van der Waals surface area contributed by atoms with E-state index in [2.05, 4.69) is 195 Å². The highest BCUT2D eigenvalue weighted by atomic mass is 32.2. The lowest BCUT2D eigenvalue weighted by molar-refractivity contribution is -0.929. The van der Waals surface area contributed by atoms with Crippen LogP contribution >= 0.6 is 0 Å². The molecule has 0 aromatic heterocycles. The molecule has 0 unspecified atom stereocenters. The SMILES string of the molecule is CCCCCCCC[N+](CCCCCCCC)(CCCCCCCC)CCCCCCCC.CCCCCCC[N+](CCCCCCC)(CCCCCCC)CCCCCCC.CCC[S+](CC)CC.CCC[S+](CO)CCC.CC[N+](C)(C)CCOC.CC[S+](CC)CC.CC[S+](CC)CO.C[N+](C)(C)C.C[N+](C)(C)CCO. The van der Waals surface area contributed by atoms with Gasteiger partial charge in [-0.15, -0.1) is 0 Å². The molecule has 0 aromatic rings. The van der Waals surface area contributed by atoms with Gasteiger partial charge in [0.2, 0.25) is 11.9 Å². The van der Waals surface area contributed by atoms with Crippen molar-refractivity contribution >= 4 is 43.6 Å². The lowest BCUT2D eigenvalue weighted by Gasteiger charge is -2.40. The molecule has 0 spiro atoms. The van der Waals surface area contributed by atoms with E-state index < -0.39 is 0 Å². The summed E-state index contributed by atoms with van der Waals surface area (Å²) >= 11 is 0. The van der Waals surface area contributed by atoms with Gasteiger partial charge in [0.15, 0.2) is 0 Å². The molecule has 0 rings (SSSR count). The minimum absolute atomic E-state index is 0.281. The molecule has 0 aliphatic carbocycles. The van der Waals surface area contributed by atoms with Crippen molar-refractivity contribution in [3.05, 3.63) is 0 Å². The first-order valence-electron chi connectivity index (χ1n) is 50.5. The molecule has 0 fully saturated rings. The number of aliphatic hydroxyl groups excluding tert-OH is 3. The molecular weight excluding hydrogens is 1480 g/mol. The van der Waals surface area contributed by atoms with Crippen molar-refractivity contribution in [3.8, 4) is 0 Å². The molecule has 0 atom stereocenters. The van der Waals surface area contributed by atoms with Crippen LogP contribution in [0.5, 0.6) is 0 Å². The summed E-state index contributed by atoms with van der Waals surface area (Å²) in [6.07, 6.45) is 67.4. The van der Waals surface area contributed by atoms with Crippen molar-refractivity contribution in [1.29, 1.82) is 0 Å². The second-order valence-corrected chi connectivity index (χ2v) is 47.1. The maximum atomic E-state index is 8.80. The summed E-state index contributed by atoms with van der Waals surface area (Å²) in [4.78, 5) is 0. The zero-order valence-electron chi connectivity index (χ0n) is 85.5. The highest BCUT2D eigenvalue weighted by Gasteiger charge is 2.28. The van der Waals surface area contributed by atoms with Crippen molar-refractivity contribution in [1.82, 2.24) is 0 Å². The number of hydrogen-bond acceptors (Lipinski definition) is 4. The number of quaternary nitrogens is 5. The van der Waals surface area contributed by atoms with Crippen LogP contribution in [0.3, 0.4) is 0 Å². The van der Waals surface area contributed by atoms with Gasteiger partial charge >= 0.3 is 0 Å². The fraction of sp³-hybridized carbons (Fsp3) is 1.00. The third-order valence-electron chi connectivity index (χ3n) is 22.1. The van der Waals surface area contributed by atoms with Crippen LogP contribution < -0.4 is 0 Å². The average Bonchev–Trinajstić information content (AvgIpc) is 0.866. The Morgan fingerprint density at radius 1 is 0.219 bits per heavy atom. The van der Waals surface area contributed by atoms with E-state index in [4.69, 9.17) is 20.1 Å². The second kappa shape index (κ2) is 108. The van der Waals surface area contributed by atoms with Gasteiger partial charge < -0.3 is 42.5 Å². The van der Waals surface area contributed by atoms with Crippen LogP contribution in [0.2, 0.25) is 0 Å². The molecule has 0 saturated heterocycles. The molecule has 114 heavy (non-hydrogen) atoms. The number of nitrogens with zero attached hydrogens (tertiary/aromatic N) is 5. The lowest BCUT2D eigenvalue weighted by Crippen LogP contribution is -2.50. The Morgan fingerprint density at radius 3 is 0.526 bits per heavy atom. The van der Waals surface area contributed by atoms with Crippen molar-refractivity contribution in [2.45, 2.75) is 433 Å². The van der Waals surface area contributed by atoms with E-state index in [0.717, 1.165) is 66.4 Å². The number of unbranched alkanes of at least 4 members (excludes halogenated alkanes) is 36. The Hall–Kier alpha value is 1.04.